The molecule has 0 saturated carbocycles. The lowest BCUT2D eigenvalue weighted by molar-refractivity contribution is 0.571. The Balaban J connectivity index is 2.25. The van der Waals surface area contributed by atoms with Crippen molar-refractivity contribution < 1.29 is 8.78 Å². The van der Waals surface area contributed by atoms with E-state index in [1.165, 1.54) is 12.1 Å². The first-order chi connectivity index (χ1) is 8.97. The Bertz CT molecular complexity index is 597. The fraction of sp³-hybridized carbons (Fsp3) is 0.200. The number of benzene rings is 2. The van der Waals surface area contributed by atoms with Gasteiger partial charge in [-0.3, -0.25) is 0 Å². The van der Waals surface area contributed by atoms with Crippen LogP contribution in [0.5, 0.6) is 0 Å². The first-order valence-corrected chi connectivity index (χ1v) is 5.98. The molecule has 0 amide bonds. The predicted octanol–water partition coefficient (Wildman–Crippen LogP) is 3.49. The highest BCUT2D eigenvalue weighted by atomic mass is 19.1. The molecule has 2 aromatic rings. The van der Waals surface area contributed by atoms with Gasteiger partial charge in [0.25, 0.3) is 0 Å². The molecular formula is C15H16F2N2. The summed E-state index contributed by atoms with van der Waals surface area (Å²) in [6, 6.07) is 9.28. The predicted molar refractivity (Wildman–Crippen MR) is 74.1 cm³/mol. The van der Waals surface area contributed by atoms with E-state index in [0.717, 1.165) is 17.3 Å². The number of rotatable bonds is 3. The van der Waals surface area contributed by atoms with Gasteiger partial charge in [0.2, 0.25) is 0 Å². The lowest BCUT2D eigenvalue weighted by Gasteiger charge is -2.22. The maximum atomic E-state index is 13.6. The molecule has 100 valence electrons. The normalized spacial score (nSPS) is 10.5. The van der Waals surface area contributed by atoms with Crippen LogP contribution in [0, 0.1) is 18.6 Å². The minimum atomic E-state index is -0.570. The van der Waals surface area contributed by atoms with Gasteiger partial charge in [0.1, 0.15) is 11.6 Å². The zero-order valence-electron chi connectivity index (χ0n) is 11.0. The molecule has 0 heterocycles. The van der Waals surface area contributed by atoms with Crippen LogP contribution < -0.4 is 10.6 Å². The Hall–Kier alpha value is -2.10. The Morgan fingerprint density at radius 1 is 1.11 bits per heavy atom. The van der Waals surface area contributed by atoms with E-state index < -0.39 is 11.6 Å². The van der Waals surface area contributed by atoms with Crippen molar-refractivity contribution in [2.24, 2.45) is 0 Å². The summed E-state index contributed by atoms with van der Waals surface area (Å²) in [6.07, 6.45) is 0. The van der Waals surface area contributed by atoms with E-state index >= 15 is 0 Å². The van der Waals surface area contributed by atoms with Crippen LogP contribution in [0.1, 0.15) is 11.1 Å². The Morgan fingerprint density at radius 3 is 2.53 bits per heavy atom. The van der Waals surface area contributed by atoms with Gasteiger partial charge in [-0.1, -0.05) is 12.1 Å². The molecule has 0 aliphatic carbocycles. The summed E-state index contributed by atoms with van der Waals surface area (Å²) in [5.41, 5.74) is 8.90. The van der Waals surface area contributed by atoms with E-state index in [0.29, 0.717) is 17.8 Å². The largest absolute Gasteiger partial charge is 0.397 e. The minimum Gasteiger partial charge on any atom is -0.397 e. The smallest absolute Gasteiger partial charge is 0.131 e. The molecule has 0 radical (unpaired) electrons. The molecule has 0 saturated heterocycles. The monoisotopic (exact) mass is 262 g/mol. The van der Waals surface area contributed by atoms with Gasteiger partial charge in [-0.15, -0.1) is 0 Å². The van der Waals surface area contributed by atoms with Gasteiger partial charge in [-0.25, -0.2) is 8.78 Å². The van der Waals surface area contributed by atoms with E-state index in [1.54, 1.807) is 0 Å². The van der Waals surface area contributed by atoms with E-state index in [2.05, 4.69) is 0 Å². The number of nitrogens with zero attached hydrogens (tertiary/aromatic N) is 1. The molecule has 2 rings (SSSR count). The third-order valence-electron chi connectivity index (χ3n) is 3.02. The van der Waals surface area contributed by atoms with Gasteiger partial charge in [-0.05, 0) is 30.7 Å². The number of hydrogen-bond donors (Lipinski definition) is 1. The Morgan fingerprint density at radius 2 is 1.84 bits per heavy atom. The highest BCUT2D eigenvalue weighted by Crippen LogP contribution is 2.25. The standard InChI is InChI=1S/C15H16F2N2/c1-10-3-6-14(18)15(7-10)19(2)9-11-4-5-12(16)8-13(11)17/h3-8H,9,18H2,1-2H3. The molecule has 0 aliphatic rings. The summed E-state index contributed by atoms with van der Waals surface area (Å²) in [4.78, 5) is 1.85. The Kier molecular flexibility index (Phi) is 3.69. The maximum absolute atomic E-state index is 13.6. The van der Waals surface area contributed by atoms with E-state index in [1.807, 2.05) is 37.1 Å². The molecule has 19 heavy (non-hydrogen) atoms. The van der Waals surface area contributed by atoms with E-state index in [4.69, 9.17) is 5.73 Å². The van der Waals surface area contributed by atoms with Gasteiger partial charge in [0.15, 0.2) is 0 Å². The number of aryl methyl sites for hydroxylation is 1. The van der Waals surface area contributed by atoms with Crippen LogP contribution in [-0.2, 0) is 6.54 Å². The van der Waals surface area contributed by atoms with Gasteiger partial charge in [-0.2, -0.15) is 0 Å². The molecule has 2 aromatic carbocycles. The number of anilines is 2. The lowest BCUT2D eigenvalue weighted by Crippen LogP contribution is -2.18. The van der Waals surface area contributed by atoms with Gasteiger partial charge < -0.3 is 10.6 Å². The second kappa shape index (κ2) is 5.26. The minimum absolute atomic E-state index is 0.333. The summed E-state index contributed by atoms with van der Waals surface area (Å²) in [6.45, 7) is 2.30. The SMILES string of the molecule is Cc1ccc(N)c(N(C)Cc2ccc(F)cc2F)c1. The van der Waals surface area contributed by atoms with Gasteiger partial charge in [0.05, 0.1) is 11.4 Å². The van der Waals surface area contributed by atoms with Crippen LogP contribution in [0.4, 0.5) is 20.2 Å². The summed E-state index contributed by atoms with van der Waals surface area (Å²) in [7, 11) is 1.83. The molecule has 0 bridgehead atoms. The second-order valence-corrected chi connectivity index (χ2v) is 4.65. The number of hydrogen-bond acceptors (Lipinski definition) is 2. The van der Waals surface area contributed by atoms with Gasteiger partial charge >= 0.3 is 0 Å². The average molecular weight is 262 g/mol. The quantitative estimate of drug-likeness (QED) is 0.858. The van der Waals surface area contributed by atoms with Crippen LogP contribution in [0.15, 0.2) is 36.4 Å². The van der Waals surface area contributed by atoms with Crippen LogP contribution in [0.3, 0.4) is 0 Å². The first-order valence-electron chi connectivity index (χ1n) is 5.98. The molecule has 0 fully saturated rings. The number of nitrogen functional groups attached to an aromatic ring is 1. The molecule has 2 N–H and O–H groups in total. The molecule has 2 nitrogen and oxygen atoms in total. The van der Waals surface area contributed by atoms with Crippen molar-refractivity contribution in [3.63, 3.8) is 0 Å². The van der Waals surface area contributed by atoms with E-state index in [9.17, 15) is 8.78 Å². The zero-order chi connectivity index (χ0) is 14.0. The van der Waals surface area contributed by atoms with Crippen LogP contribution in [0.25, 0.3) is 0 Å². The van der Waals surface area contributed by atoms with Gasteiger partial charge in [0, 0.05) is 25.2 Å². The highest BCUT2D eigenvalue weighted by Gasteiger charge is 2.10. The summed E-state index contributed by atoms with van der Waals surface area (Å²) in [5, 5.41) is 0. The van der Waals surface area contributed by atoms with Crippen molar-refractivity contribution in [3.8, 4) is 0 Å². The molecular weight excluding hydrogens is 246 g/mol. The van der Waals surface area contributed by atoms with Crippen molar-refractivity contribution >= 4 is 11.4 Å². The molecule has 0 spiro atoms. The number of halogens is 2. The second-order valence-electron chi connectivity index (χ2n) is 4.65. The highest BCUT2D eigenvalue weighted by molar-refractivity contribution is 5.68. The number of nitrogens with two attached hydrogens (primary N) is 1. The van der Waals surface area contributed by atoms with Crippen LogP contribution in [-0.4, -0.2) is 7.05 Å². The molecule has 0 aromatic heterocycles. The summed E-state index contributed by atoms with van der Waals surface area (Å²) >= 11 is 0. The maximum Gasteiger partial charge on any atom is 0.131 e. The third-order valence-corrected chi connectivity index (χ3v) is 3.02. The topological polar surface area (TPSA) is 29.3 Å². The average Bonchev–Trinajstić information content (AvgIpc) is 2.35. The summed E-state index contributed by atoms with van der Waals surface area (Å²) in [5.74, 6) is -1.11. The van der Waals surface area contributed by atoms with Crippen LogP contribution >= 0.6 is 0 Å². The fourth-order valence-electron chi connectivity index (χ4n) is 1.97. The first kappa shape index (κ1) is 13.3. The molecule has 0 aliphatic heterocycles. The van der Waals surface area contributed by atoms with Crippen molar-refractivity contribution in [1.29, 1.82) is 0 Å². The van der Waals surface area contributed by atoms with Crippen molar-refractivity contribution in [3.05, 3.63) is 59.2 Å². The molecule has 4 heteroatoms. The Labute approximate surface area is 111 Å². The third kappa shape index (κ3) is 3.02. The summed E-state index contributed by atoms with van der Waals surface area (Å²) < 4.78 is 26.5. The van der Waals surface area contributed by atoms with E-state index in [-0.39, 0.29) is 0 Å². The zero-order valence-corrected chi connectivity index (χ0v) is 11.0. The van der Waals surface area contributed by atoms with Crippen LogP contribution in [0.2, 0.25) is 0 Å². The van der Waals surface area contributed by atoms with Crippen molar-refractivity contribution in [2.75, 3.05) is 17.7 Å². The molecule has 0 atom stereocenters. The molecule has 0 unspecified atom stereocenters. The van der Waals surface area contributed by atoms with Crippen molar-refractivity contribution in [2.45, 2.75) is 13.5 Å². The lowest BCUT2D eigenvalue weighted by atomic mass is 10.1. The fourth-order valence-corrected chi connectivity index (χ4v) is 1.97. The van der Waals surface area contributed by atoms with Crippen molar-refractivity contribution in [1.82, 2.24) is 0 Å².